The molecule has 0 aliphatic carbocycles. The molecule has 21 heavy (non-hydrogen) atoms. The van der Waals surface area contributed by atoms with Gasteiger partial charge in [0.1, 0.15) is 16.6 Å². The largest absolute Gasteiger partial charge is 0.481 e. The number of nitrogens with one attached hydrogen (secondary N) is 1. The molecule has 8 heteroatoms. The Balaban J connectivity index is 1.99. The maximum Gasteiger partial charge on any atom is 0.339 e. The molecule has 0 saturated carbocycles. The van der Waals surface area contributed by atoms with E-state index in [9.17, 15) is 9.59 Å². The van der Waals surface area contributed by atoms with E-state index in [1.807, 2.05) is 6.07 Å². The number of carboxylic acid groups (broad SMARTS) is 1. The van der Waals surface area contributed by atoms with Crippen molar-refractivity contribution in [1.82, 2.24) is 4.98 Å². The lowest BCUT2D eigenvalue weighted by Gasteiger charge is -2.08. The SMILES string of the molecule is N#Cc1ccsc1NC(=O)COc1cnccc1C(=O)O. The van der Waals surface area contributed by atoms with Crippen molar-refractivity contribution < 1.29 is 19.4 Å². The van der Waals surface area contributed by atoms with Crippen molar-refractivity contribution in [2.45, 2.75) is 0 Å². The molecular formula is C13H9N3O4S. The van der Waals surface area contributed by atoms with E-state index in [-0.39, 0.29) is 17.9 Å². The van der Waals surface area contributed by atoms with E-state index in [4.69, 9.17) is 15.1 Å². The summed E-state index contributed by atoms with van der Waals surface area (Å²) in [4.78, 5) is 26.4. The van der Waals surface area contributed by atoms with Gasteiger partial charge >= 0.3 is 5.97 Å². The van der Waals surface area contributed by atoms with Gasteiger partial charge in [0, 0.05) is 6.20 Å². The quantitative estimate of drug-likeness (QED) is 0.869. The molecule has 2 aromatic rings. The van der Waals surface area contributed by atoms with Crippen molar-refractivity contribution >= 4 is 28.2 Å². The Hall–Kier alpha value is -2.92. The number of hydrogen-bond acceptors (Lipinski definition) is 6. The third kappa shape index (κ3) is 3.55. The van der Waals surface area contributed by atoms with Crippen LogP contribution in [0.4, 0.5) is 5.00 Å². The summed E-state index contributed by atoms with van der Waals surface area (Å²) in [5, 5.41) is 22.4. The lowest BCUT2D eigenvalue weighted by molar-refractivity contribution is -0.118. The number of anilines is 1. The molecule has 2 N–H and O–H groups in total. The van der Waals surface area contributed by atoms with E-state index >= 15 is 0 Å². The Morgan fingerprint density at radius 1 is 1.48 bits per heavy atom. The highest BCUT2D eigenvalue weighted by Crippen LogP contribution is 2.22. The van der Waals surface area contributed by atoms with Crippen LogP contribution in [-0.2, 0) is 4.79 Å². The molecule has 0 saturated heterocycles. The van der Waals surface area contributed by atoms with Crippen LogP contribution < -0.4 is 10.1 Å². The molecule has 0 aromatic carbocycles. The normalized spacial score (nSPS) is 9.67. The zero-order valence-electron chi connectivity index (χ0n) is 10.6. The van der Waals surface area contributed by atoms with Gasteiger partial charge in [-0.05, 0) is 17.5 Å². The minimum atomic E-state index is -1.17. The van der Waals surface area contributed by atoms with Gasteiger partial charge in [-0.1, -0.05) is 0 Å². The average molecular weight is 303 g/mol. The highest BCUT2D eigenvalue weighted by molar-refractivity contribution is 7.14. The number of nitrogens with zero attached hydrogens (tertiary/aromatic N) is 2. The molecule has 2 rings (SSSR count). The fourth-order valence-corrected chi connectivity index (χ4v) is 2.23. The predicted molar refractivity (Wildman–Crippen MR) is 74.4 cm³/mol. The Kier molecular flexibility index (Phi) is 4.48. The van der Waals surface area contributed by atoms with Gasteiger partial charge in [0.05, 0.1) is 11.8 Å². The number of ether oxygens (including phenoxy) is 1. The van der Waals surface area contributed by atoms with Crippen molar-refractivity contribution in [3.05, 3.63) is 41.0 Å². The molecule has 0 radical (unpaired) electrons. The highest BCUT2D eigenvalue weighted by atomic mass is 32.1. The van der Waals surface area contributed by atoms with Crippen molar-refractivity contribution in [3.63, 3.8) is 0 Å². The summed E-state index contributed by atoms with van der Waals surface area (Å²) >= 11 is 1.22. The zero-order valence-corrected chi connectivity index (χ0v) is 11.4. The van der Waals surface area contributed by atoms with Gasteiger partial charge in [-0.15, -0.1) is 11.3 Å². The summed E-state index contributed by atoms with van der Waals surface area (Å²) in [5.41, 5.74) is 0.285. The number of carbonyl (C=O) groups excluding carboxylic acids is 1. The summed E-state index contributed by atoms with van der Waals surface area (Å²) in [6, 6.07) is 4.81. The van der Waals surface area contributed by atoms with Gasteiger partial charge in [0.25, 0.3) is 5.91 Å². The first kappa shape index (κ1) is 14.5. The first-order valence-electron chi connectivity index (χ1n) is 5.69. The van der Waals surface area contributed by atoms with Crippen LogP contribution in [0.25, 0.3) is 0 Å². The van der Waals surface area contributed by atoms with E-state index in [2.05, 4.69) is 10.3 Å². The number of rotatable bonds is 5. The molecule has 0 spiro atoms. The summed E-state index contributed by atoms with van der Waals surface area (Å²) in [6.07, 6.45) is 2.55. The molecule has 0 aliphatic heterocycles. The van der Waals surface area contributed by atoms with Gasteiger partial charge in [0.15, 0.2) is 12.4 Å². The summed E-state index contributed by atoms with van der Waals surface area (Å²) in [5.74, 6) is -1.65. The van der Waals surface area contributed by atoms with Crippen LogP contribution in [0, 0.1) is 11.3 Å². The van der Waals surface area contributed by atoms with Crippen LogP contribution in [0.1, 0.15) is 15.9 Å². The van der Waals surface area contributed by atoms with Crippen molar-refractivity contribution in [1.29, 1.82) is 5.26 Å². The predicted octanol–water partition coefficient (Wildman–Crippen LogP) is 1.73. The number of aromatic carboxylic acids is 1. The number of carboxylic acids is 1. The van der Waals surface area contributed by atoms with Crippen LogP contribution in [0.15, 0.2) is 29.9 Å². The van der Waals surface area contributed by atoms with Crippen molar-refractivity contribution in [2.75, 3.05) is 11.9 Å². The fourth-order valence-electron chi connectivity index (χ4n) is 1.47. The van der Waals surface area contributed by atoms with Crippen LogP contribution in [0.2, 0.25) is 0 Å². The first-order valence-corrected chi connectivity index (χ1v) is 6.57. The number of thiophene rings is 1. The molecule has 0 bridgehead atoms. The fraction of sp³-hybridized carbons (Fsp3) is 0.0769. The van der Waals surface area contributed by atoms with E-state index in [0.29, 0.717) is 10.6 Å². The Morgan fingerprint density at radius 2 is 2.29 bits per heavy atom. The van der Waals surface area contributed by atoms with Crippen molar-refractivity contribution in [2.24, 2.45) is 0 Å². The van der Waals surface area contributed by atoms with E-state index in [1.54, 1.807) is 11.4 Å². The molecule has 2 heterocycles. The van der Waals surface area contributed by atoms with Crippen molar-refractivity contribution in [3.8, 4) is 11.8 Å². The van der Waals surface area contributed by atoms with Gasteiger partial charge in [-0.25, -0.2) is 4.79 Å². The first-order chi connectivity index (χ1) is 10.1. The minimum Gasteiger partial charge on any atom is -0.481 e. The molecule has 2 aromatic heterocycles. The highest BCUT2D eigenvalue weighted by Gasteiger charge is 2.13. The number of carbonyl (C=O) groups is 2. The molecular weight excluding hydrogens is 294 g/mol. The van der Waals surface area contributed by atoms with Gasteiger partial charge in [-0.2, -0.15) is 5.26 Å². The van der Waals surface area contributed by atoms with Crippen LogP contribution in [0.3, 0.4) is 0 Å². The maximum atomic E-state index is 11.7. The van der Waals surface area contributed by atoms with E-state index < -0.39 is 11.9 Å². The smallest absolute Gasteiger partial charge is 0.339 e. The Bertz CT molecular complexity index is 720. The average Bonchev–Trinajstić information content (AvgIpc) is 2.92. The molecule has 106 valence electrons. The molecule has 7 nitrogen and oxygen atoms in total. The molecule has 0 atom stereocenters. The second kappa shape index (κ2) is 6.49. The monoisotopic (exact) mass is 303 g/mol. The number of pyridine rings is 1. The maximum absolute atomic E-state index is 11.7. The van der Waals surface area contributed by atoms with Gasteiger partial charge in [0.2, 0.25) is 0 Å². The lowest BCUT2D eigenvalue weighted by Crippen LogP contribution is -2.20. The van der Waals surface area contributed by atoms with Crippen LogP contribution in [-0.4, -0.2) is 28.6 Å². The van der Waals surface area contributed by atoms with E-state index in [0.717, 1.165) is 0 Å². The number of hydrogen-bond donors (Lipinski definition) is 2. The number of aromatic nitrogens is 1. The Labute approximate surface area is 123 Å². The summed E-state index contributed by atoms with van der Waals surface area (Å²) in [7, 11) is 0. The minimum absolute atomic E-state index is 0.00633. The van der Waals surface area contributed by atoms with Gasteiger partial charge in [-0.3, -0.25) is 9.78 Å². The van der Waals surface area contributed by atoms with Gasteiger partial charge < -0.3 is 15.2 Å². The third-order valence-electron chi connectivity index (χ3n) is 2.41. The van der Waals surface area contributed by atoms with E-state index in [1.165, 1.54) is 29.8 Å². The number of nitriles is 1. The second-order valence-electron chi connectivity index (χ2n) is 3.79. The molecule has 0 aliphatic rings. The molecule has 1 amide bonds. The molecule has 0 unspecified atom stereocenters. The topological polar surface area (TPSA) is 112 Å². The van der Waals surface area contributed by atoms with Crippen LogP contribution >= 0.6 is 11.3 Å². The molecule has 0 fully saturated rings. The third-order valence-corrected chi connectivity index (χ3v) is 3.24. The second-order valence-corrected chi connectivity index (χ2v) is 4.71. The van der Waals surface area contributed by atoms with Crippen LogP contribution in [0.5, 0.6) is 5.75 Å². The zero-order chi connectivity index (χ0) is 15.2. The number of amides is 1. The Morgan fingerprint density at radius 3 is 3.00 bits per heavy atom. The summed E-state index contributed by atoms with van der Waals surface area (Å²) in [6.45, 7) is -0.380. The summed E-state index contributed by atoms with van der Waals surface area (Å²) < 4.78 is 5.15. The lowest BCUT2D eigenvalue weighted by atomic mass is 10.2. The standard InChI is InChI=1S/C13H9N3O4S/c14-5-8-2-4-21-12(8)16-11(17)7-20-10-6-15-3-1-9(10)13(18)19/h1-4,6H,7H2,(H,16,17)(H,18,19).